The first-order valence-electron chi connectivity index (χ1n) is 4.42. The second-order valence-corrected chi connectivity index (χ2v) is 4.51. The molecule has 76 valence electrons. The SMILES string of the molecule is Cn1c(Cl)cnc1C1NC(=O)C1(C)C. The third kappa shape index (κ3) is 1.07. The Labute approximate surface area is 87.3 Å². The first-order valence-corrected chi connectivity index (χ1v) is 4.80. The van der Waals surface area contributed by atoms with Crippen LogP contribution in [0.5, 0.6) is 0 Å². The van der Waals surface area contributed by atoms with Gasteiger partial charge in [-0.25, -0.2) is 4.98 Å². The molecular weight excluding hydrogens is 202 g/mol. The summed E-state index contributed by atoms with van der Waals surface area (Å²) in [5, 5.41) is 3.40. The zero-order valence-corrected chi connectivity index (χ0v) is 9.09. The Morgan fingerprint density at radius 3 is 2.64 bits per heavy atom. The summed E-state index contributed by atoms with van der Waals surface area (Å²) in [7, 11) is 1.84. The predicted octanol–water partition coefficient (Wildman–Crippen LogP) is 1.27. The lowest BCUT2D eigenvalue weighted by Crippen LogP contribution is -2.58. The number of carbonyl (C=O) groups is 1. The Hall–Kier alpha value is -1.03. The molecule has 0 bridgehead atoms. The van der Waals surface area contributed by atoms with Gasteiger partial charge in [-0.15, -0.1) is 0 Å². The van der Waals surface area contributed by atoms with Crippen LogP contribution in [0.15, 0.2) is 6.20 Å². The summed E-state index contributed by atoms with van der Waals surface area (Å²) in [6.07, 6.45) is 1.59. The molecule has 0 spiro atoms. The third-order valence-corrected chi connectivity index (χ3v) is 3.16. The molecular formula is C9H12ClN3O. The van der Waals surface area contributed by atoms with Crippen molar-refractivity contribution in [3.8, 4) is 0 Å². The van der Waals surface area contributed by atoms with Gasteiger partial charge in [0, 0.05) is 7.05 Å². The number of amides is 1. The van der Waals surface area contributed by atoms with E-state index < -0.39 is 0 Å². The Bertz CT molecular complexity index is 397. The van der Waals surface area contributed by atoms with Crippen LogP contribution in [0.3, 0.4) is 0 Å². The number of aromatic nitrogens is 2. The van der Waals surface area contributed by atoms with Gasteiger partial charge in [-0.1, -0.05) is 11.6 Å². The van der Waals surface area contributed by atoms with Gasteiger partial charge in [0.15, 0.2) is 0 Å². The Morgan fingerprint density at radius 1 is 1.64 bits per heavy atom. The quantitative estimate of drug-likeness (QED) is 0.715. The molecule has 0 radical (unpaired) electrons. The molecule has 5 heteroatoms. The highest BCUT2D eigenvalue weighted by Gasteiger charge is 2.49. The maximum absolute atomic E-state index is 11.3. The van der Waals surface area contributed by atoms with Gasteiger partial charge in [-0.2, -0.15) is 0 Å². The highest BCUT2D eigenvalue weighted by atomic mass is 35.5. The van der Waals surface area contributed by atoms with Crippen LogP contribution in [0.2, 0.25) is 5.15 Å². The molecule has 2 heterocycles. The van der Waals surface area contributed by atoms with E-state index in [9.17, 15) is 4.79 Å². The molecule has 1 amide bonds. The van der Waals surface area contributed by atoms with Gasteiger partial charge in [0.2, 0.25) is 5.91 Å². The van der Waals surface area contributed by atoms with E-state index in [2.05, 4.69) is 10.3 Å². The molecule has 1 atom stereocenters. The van der Waals surface area contributed by atoms with Crippen LogP contribution in [0, 0.1) is 5.41 Å². The molecule has 0 aromatic carbocycles. The largest absolute Gasteiger partial charge is 0.345 e. The third-order valence-electron chi connectivity index (χ3n) is 2.81. The van der Waals surface area contributed by atoms with Crippen LogP contribution in [-0.2, 0) is 11.8 Å². The van der Waals surface area contributed by atoms with Crippen molar-refractivity contribution < 1.29 is 4.79 Å². The van der Waals surface area contributed by atoms with E-state index in [1.807, 2.05) is 20.9 Å². The summed E-state index contributed by atoms with van der Waals surface area (Å²) in [6.45, 7) is 3.80. The summed E-state index contributed by atoms with van der Waals surface area (Å²) in [4.78, 5) is 15.5. The normalized spacial score (nSPS) is 24.3. The second-order valence-electron chi connectivity index (χ2n) is 4.13. The zero-order chi connectivity index (χ0) is 10.5. The van der Waals surface area contributed by atoms with Crippen molar-refractivity contribution in [1.29, 1.82) is 0 Å². The smallest absolute Gasteiger partial charge is 0.228 e. The first kappa shape index (κ1) is 9.52. The van der Waals surface area contributed by atoms with Gasteiger partial charge < -0.3 is 9.88 Å². The van der Waals surface area contributed by atoms with Crippen LogP contribution < -0.4 is 5.32 Å². The lowest BCUT2D eigenvalue weighted by Gasteiger charge is -2.43. The Morgan fingerprint density at radius 2 is 2.29 bits per heavy atom. The van der Waals surface area contributed by atoms with Crippen LogP contribution in [0.25, 0.3) is 0 Å². The number of rotatable bonds is 1. The van der Waals surface area contributed by atoms with Crippen LogP contribution >= 0.6 is 11.6 Å². The number of imidazole rings is 1. The standard InChI is InChI=1S/C9H12ClN3O/c1-9(2)6(12-8(9)14)7-11-4-5(10)13(7)3/h4,6H,1-3H3,(H,12,14). The van der Waals surface area contributed by atoms with Crippen molar-refractivity contribution in [3.05, 3.63) is 17.2 Å². The van der Waals surface area contributed by atoms with E-state index in [1.165, 1.54) is 0 Å². The van der Waals surface area contributed by atoms with E-state index in [0.717, 1.165) is 5.82 Å². The number of β-lactam (4-membered cyclic amide) rings is 1. The van der Waals surface area contributed by atoms with E-state index in [1.54, 1.807) is 10.8 Å². The average Bonchev–Trinajstić information content (AvgIpc) is 2.44. The fourth-order valence-corrected chi connectivity index (χ4v) is 1.74. The summed E-state index contributed by atoms with van der Waals surface area (Å²) in [5.41, 5.74) is -0.386. The second kappa shape index (κ2) is 2.73. The van der Waals surface area contributed by atoms with Crippen molar-refractivity contribution in [2.75, 3.05) is 0 Å². The molecule has 14 heavy (non-hydrogen) atoms. The van der Waals surface area contributed by atoms with Crippen molar-refractivity contribution in [1.82, 2.24) is 14.9 Å². The maximum atomic E-state index is 11.3. The van der Waals surface area contributed by atoms with Gasteiger partial charge in [-0.05, 0) is 13.8 Å². The molecule has 0 aliphatic carbocycles. The number of nitrogens with one attached hydrogen (secondary N) is 1. The average molecular weight is 214 g/mol. The maximum Gasteiger partial charge on any atom is 0.228 e. The lowest BCUT2D eigenvalue weighted by molar-refractivity contribution is -0.143. The number of carbonyl (C=O) groups excluding carboxylic acids is 1. The first-order chi connectivity index (χ1) is 6.44. The van der Waals surface area contributed by atoms with Crippen LogP contribution in [0.4, 0.5) is 0 Å². The lowest BCUT2D eigenvalue weighted by atomic mass is 9.76. The minimum atomic E-state index is -0.386. The predicted molar refractivity (Wildman–Crippen MR) is 52.9 cm³/mol. The van der Waals surface area contributed by atoms with Gasteiger partial charge in [-0.3, -0.25) is 4.79 Å². The fourth-order valence-electron chi connectivity index (χ4n) is 1.61. The molecule has 1 aromatic heterocycles. The molecule has 4 nitrogen and oxygen atoms in total. The topological polar surface area (TPSA) is 46.9 Å². The van der Waals surface area contributed by atoms with Crippen molar-refractivity contribution in [2.24, 2.45) is 12.5 Å². The highest BCUT2D eigenvalue weighted by Crippen LogP contribution is 2.40. The van der Waals surface area contributed by atoms with E-state index in [4.69, 9.17) is 11.6 Å². The number of hydrogen-bond donors (Lipinski definition) is 1. The summed E-state index contributed by atoms with van der Waals surface area (Å²) in [5.74, 6) is 0.862. The van der Waals surface area contributed by atoms with E-state index >= 15 is 0 Å². The van der Waals surface area contributed by atoms with Gasteiger partial charge in [0.05, 0.1) is 11.6 Å². The number of nitrogens with zero attached hydrogens (tertiary/aromatic N) is 2. The molecule has 1 aliphatic heterocycles. The Balaban J connectivity index is 2.35. The van der Waals surface area contributed by atoms with Crippen molar-refractivity contribution in [3.63, 3.8) is 0 Å². The van der Waals surface area contributed by atoms with Crippen LogP contribution in [0.1, 0.15) is 25.7 Å². The molecule has 1 saturated heterocycles. The van der Waals surface area contributed by atoms with E-state index in [0.29, 0.717) is 5.15 Å². The monoisotopic (exact) mass is 213 g/mol. The molecule has 0 saturated carbocycles. The molecule has 1 unspecified atom stereocenters. The van der Waals surface area contributed by atoms with E-state index in [-0.39, 0.29) is 17.4 Å². The van der Waals surface area contributed by atoms with Gasteiger partial charge in [0.1, 0.15) is 17.0 Å². The molecule has 1 aliphatic rings. The van der Waals surface area contributed by atoms with Crippen LogP contribution in [-0.4, -0.2) is 15.5 Å². The van der Waals surface area contributed by atoms with Gasteiger partial charge >= 0.3 is 0 Å². The summed E-state index contributed by atoms with van der Waals surface area (Å²) >= 11 is 5.87. The van der Waals surface area contributed by atoms with Crippen molar-refractivity contribution in [2.45, 2.75) is 19.9 Å². The highest BCUT2D eigenvalue weighted by molar-refractivity contribution is 6.29. The molecule has 2 rings (SSSR count). The minimum Gasteiger partial charge on any atom is -0.345 e. The summed E-state index contributed by atoms with van der Waals surface area (Å²) in [6, 6.07) is -0.0347. The molecule has 1 fully saturated rings. The molecule has 1 aromatic rings. The zero-order valence-electron chi connectivity index (χ0n) is 8.34. The number of hydrogen-bond acceptors (Lipinski definition) is 2. The van der Waals surface area contributed by atoms with Crippen molar-refractivity contribution >= 4 is 17.5 Å². The fraction of sp³-hybridized carbons (Fsp3) is 0.556. The Kier molecular flexibility index (Phi) is 1.86. The van der Waals surface area contributed by atoms with Gasteiger partial charge in [0.25, 0.3) is 0 Å². The number of halogens is 1. The summed E-state index contributed by atoms with van der Waals surface area (Å²) < 4.78 is 1.79. The molecule has 1 N–H and O–H groups in total. The minimum absolute atomic E-state index is 0.0347.